The summed E-state index contributed by atoms with van der Waals surface area (Å²) >= 11 is 0. The van der Waals surface area contributed by atoms with E-state index >= 15 is 0 Å². The van der Waals surface area contributed by atoms with Crippen molar-refractivity contribution in [2.24, 2.45) is 5.92 Å². The molecule has 0 saturated carbocycles. The predicted molar refractivity (Wildman–Crippen MR) is 77.1 cm³/mol. The summed E-state index contributed by atoms with van der Waals surface area (Å²) < 4.78 is 5.61. The number of benzene rings is 1. The van der Waals surface area contributed by atoms with Crippen molar-refractivity contribution in [2.75, 3.05) is 32.8 Å². The van der Waals surface area contributed by atoms with Gasteiger partial charge in [-0.25, -0.2) is 0 Å². The van der Waals surface area contributed by atoms with Crippen LogP contribution in [0.1, 0.15) is 18.4 Å². The molecule has 2 unspecified atom stereocenters. The maximum Gasteiger partial charge on any atom is 0.0623 e. The molecule has 2 aliphatic heterocycles. The molecule has 2 heterocycles. The first kappa shape index (κ1) is 13.1. The van der Waals surface area contributed by atoms with Crippen LogP contribution >= 0.6 is 0 Å². The highest BCUT2D eigenvalue weighted by atomic mass is 16.5. The van der Waals surface area contributed by atoms with Crippen LogP contribution in [-0.4, -0.2) is 43.8 Å². The molecule has 1 aromatic rings. The smallest absolute Gasteiger partial charge is 0.0623 e. The topological polar surface area (TPSA) is 24.5 Å². The van der Waals surface area contributed by atoms with Gasteiger partial charge in [0.05, 0.1) is 13.2 Å². The van der Waals surface area contributed by atoms with E-state index in [2.05, 4.69) is 40.5 Å². The maximum absolute atomic E-state index is 5.61. The molecule has 3 heteroatoms. The van der Waals surface area contributed by atoms with E-state index in [4.69, 9.17) is 4.74 Å². The summed E-state index contributed by atoms with van der Waals surface area (Å²) in [6, 6.07) is 11.4. The second-order valence-electron chi connectivity index (χ2n) is 5.76. The van der Waals surface area contributed by atoms with E-state index in [9.17, 15) is 0 Å². The fourth-order valence-corrected chi connectivity index (χ4v) is 3.29. The monoisotopic (exact) mass is 260 g/mol. The van der Waals surface area contributed by atoms with Crippen LogP contribution in [0.2, 0.25) is 0 Å². The Bertz CT molecular complexity index is 376. The average Bonchev–Trinajstić information content (AvgIpc) is 2.49. The normalized spacial score (nSPS) is 29.3. The number of morpholine rings is 1. The van der Waals surface area contributed by atoms with Gasteiger partial charge in [0.25, 0.3) is 0 Å². The molecule has 3 rings (SSSR count). The van der Waals surface area contributed by atoms with Crippen LogP contribution in [0.4, 0.5) is 0 Å². The Morgan fingerprint density at radius 1 is 1.26 bits per heavy atom. The SMILES string of the molecule is c1ccc(CN2CCCC(C3COCCN3)C2)cc1. The Morgan fingerprint density at radius 3 is 2.95 bits per heavy atom. The van der Waals surface area contributed by atoms with Crippen molar-refractivity contribution >= 4 is 0 Å². The van der Waals surface area contributed by atoms with E-state index in [1.807, 2.05) is 0 Å². The van der Waals surface area contributed by atoms with Crippen molar-refractivity contribution in [1.82, 2.24) is 10.2 Å². The van der Waals surface area contributed by atoms with Crippen molar-refractivity contribution in [3.8, 4) is 0 Å². The molecule has 3 nitrogen and oxygen atoms in total. The zero-order valence-electron chi connectivity index (χ0n) is 11.6. The Kier molecular flexibility index (Phi) is 4.49. The number of likely N-dealkylation sites (tertiary alicyclic amines) is 1. The minimum absolute atomic E-state index is 0.562. The minimum Gasteiger partial charge on any atom is -0.379 e. The van der Waals surface area contributed by atoms with Crippen molar-refractivity contribution in [1.29, 1.82) is 0 Å². The fraction of sp³-hybridized carbons (Fsp3) is 0.625. The van der Waals surface area contributed by atoms with Gasteiger partial charge in [-0.2, -0.15) is 0 Å². The van der Waals surface area contributed by atoms with Crippen LogP contribution in [0, 0.1) is 5.92 Å². The molecule has 0 aromatic heterocycles. The van der Waals surface area contributed by atoms with Crippen LogP contribution in [-0.2, 0) is 11.3 Å². The largest absolute Gasteiger partial charge is 0.379 e. The van der Waals surface area contributed by atoms with E-state index in [1.165, 1.54) is 31.5 Å². The molecule has 0 amide bonds. The van der Waals surface area contributed by atoms with Crippen molar-refractivity contribution in [3.05, 3.63) is 35.9 Å². The van der Waals surface area contributed by atoms with Gasteiger partial charge in [0.15, 0.2) is 0 Å². The van der Waals surface area contributed by atoms with Gasteiger partial charge in [-0.1, -0.05) is 30.3 Å². The minimum atomic E-state index is 0.562. The van der Waals surface area contributed by atoms with Crippen molar-refractivity contribution in [2.45, 2.75) is 25.4 Å². The first-order valence-corrected chi connectivity index (χ1v) is 7.49. The lowest BCUT2D eigenvalue weighted by atomic mass is 9.90. The van der Waals surface area contributed by atoms with Crippen molar-refractivity contribution in [3.63, 3.8) is 0 Å². The Hall–Kier alpha value is -0.900. The van der Waals surface area contributed by atoms with Gasteiger partial charge < -0.3 is 10.1 Å². The van der Waals surface area contributed by atoms with Crippen molar-refractivity contribution < 1.29 is 4.74 Å². The van der Waals surface area contributed by atoms with Gasteiger partial charge in [0.1, 0.15) is 0 Å². The van der Waals surface area contributed by atoms with Crippen LogP contribution in [0.3, 0.4) is 0 Å². The molecule has 2 atom stereocenters. The second kappa shape index (κ2) is 6.51. The number of hydrogen-bond acceptors (Lipinski definition) is 3. The van der Waals surface area contributed by atoms with Gasteiger partial charge in [0, 0.05) is 25.7 Å². The summed E-state index contributed by atoms with van der Waals surface area (Å²) in [6.45, 7) is 6.31. The molecule has 2 aliphatic rings. The number of ether oxygens (including phenoxy) is 1. The number of hydrogen-bond donors (Lipinski definition) is 1. The molecule has 0 radical (unpaired) electrons. The summed E-state index contributed by atoms with van der Waals surface area (Å²) in [6.07, 6.45) is 2.65. The molecular weight excluding hydrogens is 236 g/mol. The first-order valence-electron chi connectivity index (χ1n) is 7.49. The van der Waals surface area contributed by atoms with Gasteiger partial charge in [-0.05, 0) is 30.9 Å². The van der Waals surface area contributed by atoms with Gasteiger partial charge in [0.2, 0.25) is 0 Å². The zero-order valence-corrected chi connectivity index (χ0v) is 11.6. The lowest BCUT2D eigenvalue weighted by Crippen LogP contribution is -2.51. The molecule has 0 spiro atoms. The van der Waals surface area contributed by atoms with Crippen LogP contribution < -0.4 is 5.32 Å². The fourth-order valence-electron chi connectivity index (χ4n) is 3.29. The third-order valence-electron chi connectivity index (χ3n) is 4.31. The number of piperidine rings is 1. The van der Waals surface area contributed by atoms with E-state index in [0.717, 1.165) is 32.2 Å². The highest BCUT2D eigenvalue weighted by Crippen LogP contribution is 2.22. The lowest BCUT2D eigenvalue weighted by molar-refractivity contribution is 0.0346. The predicted octanol–water partition coefficient (Wildman–Crippen LogP) is 1.89. The molecular formula is C16H24N2O. The van der Waals surface area contributed by atoms with Crippen LogP contribution in [0.25, 0.3) is 0 Å². The van der Waals surface area contributed by atoms with Gasteiger partial charge in [-0.3, -0.25) is 4.90 Å². The van der Waals surface area contributed by atoms with E-state index < -0.39 is 0 Å². The quantitative estimate of drug-likeness (QED) is 0.898. The zero-order chi connectivity index (χ0) is 12.9. The average molecular weight is 260 g/mol. The first-order chi connectivity index (χ1) is 9.42. The summed E-state index contributed by atoms with van der Waals surface area (Å²) in [5.74, 6) is 0.748. The highest BCUT2D eigenvalue weighted by molar-refractivity contribution is 5.14. The molecule has 1 N–H and O–H groups in total. The molecule has 1 aromatic carbocycles. The lowest BCUT2D eigenvalue weighted by Gasteiger charge is -2.38. The third kappa shape index (κ3) is 3.56. The highest BCUT2D eigenvalue weighted by Gasteiger charge is 2.28. The Morgan fingerprint density at radius 2 is 2.16 bits per heavy atom. The number of rotatable bonds is 3. The standard InChI is InChI=1S/C16H24N2O/c1-2-5-14(6-3-1)11-18-9-4-7-15(12-18)16-13-19-10-8-17-16/h1-3,5-6,15-17H,4,7-13H2. The summed E-state index contributed by atoms with van der Waals surface area (Å²) in [4.78, 5) is 2.60. The van der Waals surface area contributed by atoms with E-state index in [0.29, 0.717) is 6.04 Å². The molecule has 19 heavy (non-hydrogen) atoms. The summed E-state index contributed by atoms with van der Waals surface area (Å²) in [7, 11) is 0. The molecule has 0 bridgehead atoms. The number of nitrogens with one attached hydrogen (secondary N) is 1. The summed E-state index contributed by atoms with van der Waals surface area (Å²) in [5, 5.41) is 3.62. The molecule has 104 valence electrons. The molecule has 0 aliphatic carbocycles. The molecule has 2 fully saturated rings. The maximum atomic E-state index is 5.61. The van der Waals surface area contributed by atoms with Crippen LogP contribution in [0.15, 0.2) is 30.3 Å². The number of nitrogens with zero attached hydrogens (tertiary/aromatic N) is 1. The summed E-state index contributed by atoms with van der Waals surface area (Å²) in [5.41, 5.74) is 1.43. The van der Waals surface area contributed by atoms with Gasteiger partial charge >= 0.3 is 0 Å². The molecule has 2 saturated heterocycles. The van der Waals surface area contributed by atoms with E-state index in [-0.39, 0.29) is 0 Å². The van der Waals surface area contributed by atoms with Crippen LogP contribution in [0.5, 0.6) is 0 Å². The van der Waals surface area contributed by atoms with Gasteiger partial charge in [-0.15, -0.1) is 0 Å². The third-order valence-corrected chi connectivity index (χ3v) is 4.31. The Labute approximate surface area is 115 Å². The van der Waals surface area contributed by atoms with E-state index in [1.54, 1.807) is 0 Å². The second-order valence-corrected chi connectivity index (χ2v) is 5.76. The Balaban J connectivity index is 1.55.